The van der Waals surface area contributed by atoms with Gasteiger partial charge in [0.15, 0.2) is 5.78 Å². The molecule has 1 aliphatic rings. The van der Waals surface area contributed by atoms with Gasteiger partial charge in [0.2, 0.25) is 0 Å². The first-order chi connectivity index (χ1) is 12.0. The first-order valence-electron chi connectivity index (χ1n) is 9.73. The Kier molecular flexibility index (Phi) is 14.5. The average molecular weight is 376 g/mol. The van der Waals surface area contributed by atoms with Gasteiger partial charge in [-0.25, -0.2) is 4.79 Å². The van der Waals surface area contributed by atoms with Crippen molar-refractivity contribution in [3.63, 3.8) is 0 Å². The summed E-state index contributed by atoms with van der Waals surface area (Å²) < 4.78 is 4.67. The van der Waals surface area contributed by atoms with Gasteiger partial charge in [0.05, 0.1) is 12.2 Å². The van der Waals surface area contributed by atoms with E-state index in [2.05, 4.69) is 18.6 Å². The number of ketones is 1. The van der Waals surface area contributed by atoms with Gasteiger partial charge in [0, 0.05) is 6.42 Å². The second kappa shape index (κ2) is 14.7. The fraction of sp³-hybridized carbons (Fsp3) is 0.800. The van der Waals surface area contributed by atoms with E-state index < -0.39 is 30.2 Å². The van der Waals surface area contributed by atoms with Gasteiger partial charge >= 0.3 is 35.5 Å². The Morgan fingerprint density at radius 2 is 1.54 bits per heavy atom. The van der Waals surface area contributed by atoms with Crippen molar-refractivity contribution in [1.29, 1.82) is 0 Å². The number of cyclic esters (lactones) is 1. The maximum Gasteiger partial charge on any atom is 1.00 e. The van der Waals surface area contributed by atoms with E-state index in [0.717, 1.165) is 18.8 Å². The summed E-state index contributed by atoms with van der Waals surface area (Å²) >= 11 is 0. The smallest absolute Gasteiger partial charge is 0.872 e. The van der Waals surface area contributed by atoms with Gasteiger partial charge in [-0.05, 0) is 12.3 Å². The second-order valence-corrected chi connectivity index (χ2v) is 7.35. The molecule has 0 aromatic rings. The summed E-state index contributed by atoms with van der Waals surface area (Å²) in [6.07, 6.45) is 10.7. The SMILES string of the molecule is CC(C)CCCCCCCCCCCC(=O)C1=C([O-])C(CO)OC1=O.[Na+]. The monoisotopic (exact) mass is 376 g/mol. The molecule has 1 heterocycles. The molecule has 1 unspecified atom stereocenters. The normalized spacial score (nSPS) is 16.8. The first-order valence-corrected chi connectivity index (χ1v) is 9.73. The van der Waals surface area contributed by atoms with Gasteiger partial charge in [0.1, 0.15) is 6.10 Å². The summed E-state index contributed by atoms with van der Waals surface area (Å²) in [6, 6.07) is 0. The molecule has 5 nitrogen and oxygen atoms in total. The predicted molar refractivity (Wildman–Crippen MR) is 94.6 cm³/mol. The van der Waals surface area contributed by atoms with Crippen LogP contribution in [0.4, 0.5) is 0 Å². The molecule has 0 amide bonds. The zero-order valence-electron chi connectivity index (χ0n) is 16.7. The minimum atomic E-state index is -1.19. The fourth-order valence-corrected chi connectivity index (χ4v) is 3.08. The number of unbranched alkanes of at least 4 members (excludes halogenated alkanes) is 8. The van der Waals surface area contributed by atoms with Crippen LogP contribution in [0.1, 0.15) is 84.5 Å². The van der Waals surface area contributed by atoms with Crippen molar-refractivity contribution in [3.05, 3.63) is 11.3 Å². The number of ether oxygens (including phenoxy) is 1. The minimum absolute atomic E-state index is 0. The summed E-state index contributed by atoms with van der Waals surface area (Å²) in [6.45, 7) is 3.96. The Morgan fingerprint density at radius 1 is 1.04 bits per heavy atom. The molecule has 0 bridgehead atoms. The predicted octanol–water partition coefficient (Wildman–Crippen LogP) is 0.0387. The van der Waals surface area contributed by atoms with Crippen molar-refractivity contribution in [1.82, 2.24) is 0 Å². The molecule has 0 fully saturated rings. The molecule has 1 atom stereocenters. The van der Waals surface area contributed by atoms with Crippen LogP contribution in [0.2, 0.25) is 0 Å². The number of hydrogen-bond donors (Lipinski definition) is 1. The van der Waals surface area contributed by atoms with E-state index in [1.807, 2.05) is 0 Å². The molecule has 1 aliphatic heterocycles. The summed E-state index contributed by atoms with van der Waals surface area (Å²) in [7, 11) is 0. The Hall–Kier alpha value is -0.360. The molecular formula is C20H33NaO5. The van der Waals surface area contributed by atoms with E-state index in [-0.39, 0.29) is 41.6 Å². The standard InChI is InChI=1S/C20H34O5.Na/c1-15(2)12-10-8-6-4-3-5-7-9-11-13-16(22)18-19(23)17(14-21)25-20(18)24;/h15,17,21,23H,3-14H2,1-2H3;/q;+1/p-1. The van der Waals surface area contributed by atoms with E-state index in [0.29, 0.717) is 6.42 Å². The maximum absolute atomic E-state index is 12.0. The van der Waals surface area contributed by atoms with Crippen LogP contribution in [-0.4, -0.2) is 29.6 Å². The topological polar surface area (TPSA) is 86.7 Å². The number of aliphatic hydroxyl groups is 1. The van der Waals surface area contributed by atoms with Gasteiger partial charge in [-0.15, -0.1) is 0 Å². The third-order valence-electron chi connectivity index (χ3n) is 4.62. The zero-order chi connectivity index (χ0) is 18.7. The van der Waals surface area contributed by atoms with E-state index >= 15 is 0 Å². The molecule has 26 heavy (non-hydrogen) atoms. The molecule has 0 aromatic carbocycles. The van der Waals surface area contributed by atoms with Crippen LogP contribution < -0.4 is 34.7 Å². The fourth-order valence-electron chi connectivity index (χ4n) is 3.08. The van der Waals surface area contributed by atoms with Gasteiger partial charge in [-0.2, -0.15) is 0 Å². The number of carbonyl (C=O) groups is 2. The molecule has 0 radical (unpaired) electrons. The van der Waals surface area contributed by atoms with Crippen molar-refractivity contribution < 1.29 is 54.1 Å². The third-order valence-corrected chi connectivity index (χ3v) is 4.62. The maximum atomic E-state index is 12.0. The molecule has 6 heteroatoms. The number of rotatable bonds is 14. The molecule has 0 aromatic heterocycles. The van der Waals surface area contributed by atoms with Gasteiger partial charge in [-0.3, -0.25) is 4.79 Å². The third kappa shape index (κ3) is 9.54. The van der Waals surface area contributed by atoms with Crippen LogP contribution in [0.3, 0.4) is 0 Å². The van der Waals surface area contributed by atoms with Crippen molar-refractivity contribution in [2.24, 2.45) is 5.92 Å². The van der Waals surface area contributed by atoms with E-state index in [1.165, 1.54) is 44.9 Å². The van der Waals surface area contributed by atoms with Crippen LogP contribution in [-0.2, 0) is 14.3 Å². The van der Waals surface area contributed by atoms with E-state index in [9.17, 15) is 14.7 Å². The number of esters is 1. The number of aliphatic hydroxyl groups excluding tert-OH is 1. The largest absolute Gasteiger partial charge is 1.00 e. The molecule has 144 valence electrons. The molecule has 1 N–H and O–H groups in total. The molecule has 0 saturated heterocycles. The molecule has 1 rings (SSSR count). The van der Waals surface area contributed by atoms with Gasteiger partial charge < -0.3 is 14.9 Å². The summed E-state index contributed by atoms with van der Waals surface area (Å²) in [5, 5.41) is 20.7. The number of hydrogen-bond acceptors (Lipinski definition) is 5. The molecule has 0 spiro atoms. The second-order valence-electron chi connectivity index (χ2n) is 7.35. The Morgan fingerprint density at radius 3 is 2.00 bits per heavy atom. The van der Waals surface area contributed by atoms with Gasteiger partial charge in [-0.1, -0.05) is 77.4 Å². The van der Waals surface area contributed by atoms with E-state index in [4.69, 9.17) is 5.11 Å². The van der Waals surface area contributed by atoms with Crippen LogP contribution in [0.5, 0.6) is 0 Å². The minimum Gasteiger partial charge on any atom is -0.872 e. The van der Waals surface area contributed by atoms with Gasteiger partial charge in [0.25, 0.3) is 0 Å². The summed E-state index contributed by atoms with van der Waals surface area (Å²) in [5.41, 5.74) is -0.388. The molecular weight excluding hydrogens is 343 g/mol. The van der Waals surface area contributed by atoms with Crippen LogP contribution in [0.15, 0.2) is 11.3 Å². The Bertz CT molecular complexity index is 459. The summed E-state index contributed by atoms with van der Waals surface area (Å²) in [4.78, 5) is 23.5. The zero-order valence-corrected chi connectivity index (χ0v) is 18.7. The summed E-state index contributed by atoms with van der Waals surface area (Å²) in [5.74, 6) is -1.20. The van der Waals surface area contributed by atoms with Crippen LogP contribution >= 0.6 is 0 Å². The van der Waals surface area contributed by atoms with Crippen LogP contribution in [0, 0.1) is 5.92 Å². The quantitative estimate of drug-likeness (QED) is 0.200. The molecule has 0 aliphatic carbocycles. The first kappa shape index (κ1) is 25.6. The van der Waals surface area contributed by atoms with Crippen molar-refractivity contribution >= 4 is 11.8 Å². The average Bonchev–Trinajstić information content (AvgIpc) is 2.86. The Labute approximate surface area is 179 Å². The van der Waals surface area contributed by atoms with E-state index in [1.54, 1.807) is 0 Å². The molecule has 0 saturated carbocycles. The number of Topliss-reactive ketones (excluding diaryl/α,β-unsaturated/α-hetero) is 1. The Balaban J connectivity index is 0.00000625. The van der Waals surface area contributed by atoms with Crippen molar-refractivity contribution in [2.45, 2.75) is 90.6 Å². The number of carbonyl (C=O) groups excluding carboxylic acids is 2. The van der Waals surface area contributed by atoms with Crippen molar-refractivity contribution in [2.75, 3.05) is 6.61 Å². The van der Waals surface area contributed by atoms with Crippen LogP contribution in [0.25, 0.3) is 0 Å². The van der Waals surface area contributed by atoms with Crippen molar-refractivity contribution in [3.8, 4) is 0 Å².